The lowest BCUT2D eigenvalue weighted by molar-refractivity contribution is 0.601. The molecule has 0 saturated carbocycles. The van der Waals surface area contributed by atoms with Gasteiger partial charge in [0.1, 0.15) is 0 Å². The summed E-state index contributed by atoms with van der Waals surface area (Å²) in [7, 11) is -3.80. The maximum absolute atomic E-state index is 12.7. The average molecular weight is 446 g/mol. The van der Waals surface area contributed by atoms with E-state index in [-0.39, 0.29) is 4.90 Å². The highest BCUT2D eigenvalue weighted by Gasteiger charge is 2.16. The molecule has 0 amide bonds. The number of para-hydroxylation sites is 1. The summed E-state index contributed by atoms with van der Waals surface area (Å²) < 4.78 is 27.9. The summed E-state index contributed by atoms with van der Waals surface area (Å²) in [5.41, 5.74) is 2.96. The van der Waals surface area contributed by atoms with Gasteiger partial charge in [-0.25, -0.2) is 8.42 Å². The number of aryl methyl sites for hydroxylation is 1. The quantitative estimate of drug-likeness (QED) is 0.436. The van der Waals surface area contributed by atoms with E-state index >= 15 is 0 Å². The molecule has 0 aliphatic rings. The fraction of sp³-hybridized carbons (Fsp3) is 0.0952. The Morgan fingerprint density at radius 1 is 0.931 bits per heavy atom. The average Bonchev–Trinajstić information content (AvgIpc) is 2.70. The van der Waals surface area contributed by atoms with Crippen molar-refractivity contribution < 1.29 is 8.42 Å². The SMILES string of the molecule is CCc1ccc(NC(=S)Nc2cccc(S(=O)(=O)Nc3ccccc3Cl)c2)cc1. The van der Waals surface area contributed by atoms with Gasteiger partial charge in [0.2, 0.25) is 0 Å². The summed E-state index contributed by atoms with van der Waals surface area (Å²) in [5, 5.41) is 6.78. The number of nitrogens with one attached hydrogen (secondary N) is 3. The van der Waals surface area contributed by atoms with Crippen molar-refractivity contribution in [1.82, 2.24) is 0 Å². The van der Waals surface area contributed by atoms with Crippen molar-refractivity contribution in [3.05, 3.63) is 83.4 Å². The van der Waals surface area contributed by atoms with E-state index in [2.05, 4.69) is 22.3 Å². The second-order valence-electron chi connectivity index (χ2n) is 6.24. The molecule has 0 spiro atoms. The van der Waals surface area contributed by atoms with Crippen molar-refractivity contribution in [1.29, 1.82) is 0 Å². The summed E-state index contributed by atoms with van der Waals surface area (Å²) in [6, 6.07) is 21.0. The third kappa shape index (κ3) is 5.69. The van der Waals surface area contributed by atoms with E-state index < -0.39 is 10.0 Å². The number of benzene rings is 3. The smallest absolute Gasteiger partial charge is 0.262 e. The van der Waals surface area contributed by atoms with Crippen LogP contribution in [0.2, 0.25) is 5.02 Å². The zero-order valence-electron chi connectivity index (χ0n) is 15.6. The molecule has 0 aliphatic carbocycles. The van der Waals surface area contributed by atoms with Gasteiger partial charge in [0.15, 0.2) is 5.11 Å². The molecular formula is C21H20ClN3O2S2. The molecule has 0 heterocycles. The maximum atomic E-state index is 12.7. The third-order valence-electron chi connectivity index (χ3n) is 4.14. The molecule has 3 aromatic carbocycles. The fourth-order valence-corrected chi connectivity index (χ4v) is 4.21. The van der Waals surface area contributed by atoms with Crippen LogP contribution >= 0.6 is 23.8 Å². The number of halogens is 1. The van der Waals surface area contributed by atoms with Crippen LogP contribution in [-0.4, -0.2) is 13.5 Å². The molecule has 0 unspecified atom stereocenters. The normalized spacial score (nSPS) is 11.0. The van der Waals surface area contributed by atoms with Crippen molar-refractivity contribution in [2.45, 2.75) is 18.2 Å². The zero-order valence-corrected chi connectivity index (χ0v) is 18.0. The highest BCUT2D eigenvalue weighted by atomic mass is 35.5. The predicted octanol–water partition coefficient (Wildman–Crippen LogP) is 5.51. The van der Waals surface area contributed by atoms with Crippen LogP contribution in [0.4, 0.5) is 17.1 Å². The minimum absolute atomic E-state index is 0.0949. The Balaban J connectivity index is 1.71. The first-order valence-corrected chi connectivity index (χ1v) is 11.2. The van der Waals surface area contributed by atoms with E-state index in [1.165, 1.54) is 17.7 Å². The Labute approximate surface area is 181 Å². The predicted molar refractivity (Wildman–Crippen MR) is 124 cm³/mol. The van der Waals surface area contributed by atoms with Crippen molar-refractivity contribution in [2.75, 3.05) is 15.4 Å². The van der Waals surface area contributed by atoms with Crippen LogP contribution in [-0.2, 0) is 16.4 Å². The largest absolute Gasteiger partial charge is 0.332 e. The summed E-state index contributed by atoms with van der Waals surface area (Å²) in [6.07, 6.45) is 0.965. The van der Waals surface area contributed by atoms with Gasteiger partial charge < -0.3 is 10.6 Å². The first-order valence-electron chi connectivity index (χ1n) is 8.92. The van der Waals surface area contributed by atoms with E-state index in [9.17, 15) is 8.42 Å². The van der Waals surface area contributed by atoms with Crippen LogP contribution in [0.15, 0.2) is 77.7 Å². The topological polar surface area (TPSA) is 70.2 Å². The minimum Gasteiger partial charge on any atom is -0.332 e. The summed E-state index contributed by atoms with van der Waals surface area (Å²) in [6.45, 7) is 2.09. The molecule has 0 aliphatic heterocycles. The van der Waals surface area contributed by atoms with Gasteiger partial charge in [0.05, 0.1) is 15.6 Å². The summed E-state index contributed by atoms with van der Waals surface area (Å²) >= 11 is 11.4. The Morgan fingerprint density at radius 2 is 1.62 bits per heavy atom. The number of thiocarbonyl (C=S) groups is 1. The van der Waals surface area contributed by atoms with Crippen molar-refractivity contribution in [3.8, 4) is 0 Å². The van der Waals surface area contributed by atoms with E-state index in [0.29, 0.717) is 21.5 Å². The van der Waals surface area contributed by atoms with Gasteiger partial charge in [-0.1, -0.05) is 48.9 Å². The Hall–Kier alpha value is -2.61. The van der Waals surface area contributed by atoms with Gasteiger partial charge in [-0.15, -0.1) is 0 Å². The van der Waals surface area contributed by atoms with Gasteiger partial charge in [-0.05, 0) is 66.7 Å². The Bertz CT molecular complexity index is 1120. The first kappa shape index (κ1) is 21.1. The summed E-state index contributed by atoms with van der Waals surface area (Å²) in [4.78, 5) is 0.0949. The number of hydrogen-bond donors (Lipinski definition) is 3. The lowest BCUT2D eigenvalue weighted by Crippen LogP contribution is -2.19. The van der Waals surface area contributed by atoms with Gasteiger partial charge in [-0.3, -0.25) is 4.72 Å². The molecule has 0 radical (unpaired) electrons. The first-order chi connectivity index (χ1) is 13.9. The van der Waals surface area contributed by atoms with Crippen LogP contribution < -0.4 is 15.4 Å². The van der Waals surface area contributed by atoms with Crippen LogP contribution in [0.1, 0.15) is 12.5 Å². The lowest BCUT2D eigenvalue weighted by atomic mass is 10.1. The monoisotopic (exact) mass is 445 g/mol. The molecule has 150 valence electrons. The molecule has 0 bridgehead atoms. The molecule has 5 nitrogen and oxygen atoms in total. The molecule has 3 aromatic rings. The van der Waals surface area contributed by atoms with Crippen LogP contribution in [0.25, 0.3) is 0 Å². The number of anilines is 3. The fourth-order valence-electron chi connectivity index (χ4n) is 2.61. The van der Waals surface area contributed by atoms with E-state index in [1.807, 2.05) is 24.3 Å². The second kappa shape index (κ2) is 9.26. The lowest BCUT2D eigenvalue weighted by Gasteiger charge is -2.13. The maximum Gasteiger partial charge on any atom is 0.262 e. The van der Waals surface area contributed by atoms with Crippen molar-refractivity contribution >= 4 is 56.0 Å². The molecule has 8 heteroatoms. The molecular weight excluding hydrogens is 426 g/mol. The van der Waals surface area contributed by atoms with Crippen LogP contribution in [0.3, 0.4) is 0 Å². The minimum atomic E-state index is -3.80. The van der Waals surface area contributed by atoms with Crippen molar-refractivity contribution in [3.63, 3.8) is 0 Å². The highest BCUT2D eigenvalue weighted by Crippen LogP contribution is 2.25. The van der Waals surface area contributed by atoms with Gasteiger partial charge in [0.25, 0.3) is 10.0 Å². The van der Waals surface area contributed by atoms with Crippen LogP contribution in [0, 0.1) is 0 Å². The van der Waals surface area contributed by atoms with Crippen LogP contribution in [0.5, 0.6) is 0 Å². The standard InChI is InChI=1S/C21H20ClN3O2S2/c1-2-15-10-12-16(13-11-15)23-21(28)24-17-6-5-7-18(14-17)29(26,27)25-20-9-4-3-8-19(20)22/h3-14,25H,2H2,1H3,(H2,23,24,28). The van der Waals surface area contributed by atoms with Gasteiger partial charge in [0, 0.05) is 11.4 Å². The number of rotatable bonds is 6. The van der Waals surface area contributed by atoms with E-state index in [0.717, 1.165) is 12.1 Å². The summed E-state index contributed by atoms with van der Waals surface area (Å²) in [5.74, 6) is 0. The molecule has 3 rings (SSSR count). The second-order valence-corrected chi connectivity index (χ2v) is 8.74. The van der Waals surface area contributed by atoms with E-state index in [1.54, 1.807) is 36.4 Å². The number of hydrogen-bond acceptors (Lipinski definition) is 3. The van der Waals surface area contributed by atoms with Gasteiger partial charge >= 0.3 is 0 Å². The highest BCUT2D eigenvalue weighted by molar-refractivity contribution is 7.92. The Kier molecular flexibility index (Phi) is 6.74. The number of sulfonamides is 1. The van der Waals surface area contributed by atoms with Crippen molar-refractivity contribution in [2.24, 2.45) is 0 Å². The van der Waals surface area contributed by atoms with E-state index in [4.69, 9.17) is 23.8 Å². The molecule has 3 N–H and O–H groups in total. The third-order valence-corrected chi connectivity index (χ3v) is 6.04. The van der Waals surface area contributed by atoms with Gasteiger partial charge in [-0.2, -0.15) is 0 Å². The molecule has 29 heavy (non-hydrogen) atoms. The Morgan fingerprint density at radius 3 is 2.31 bits per heavy atom. The molecule has 0 saturated heterocycles. The molecule has 0 aromatic heterocycles. The zero-order chi connectivity index (χ0) is 20.9. The molecule has 0 atom stereocenters. The molecule has 0 fully saturated rings.